The minimum Gasteiger partial charge on any atom is -0.460 e. The fourth-order valence-corrected chi connectivity index (χ4v) is 2.92. The quantitative estimate of drug-likeness (QED) is 0.317. The molecule has 1 fully saturated rings. The molecule has 1 aromatic carbocycles. The Morgan fingerprint density at radius 2 is 2.12 bits per heavy atom. The summed E-state index contributed by atoms with van der Waals surface area (Å²) in [5, 5.41) is 14.0. The number of non-ortho nitro benzene ring substituents is 1. The molecule has 1 saturated heterocycles. The Kier molecular flexibility index (Phi) is 7.22. The van der Waals surface area contributed by atoms with Crippen molar-refractivity contribution in [1.82, 2.24) is 5.32 Å². The molecule has 25 heavy (non-hydrogen) atoms. The van der Waals surface area contributed by atoms with Crippen molar-refractivity contribution in [2.24, 2.45) is 5.92 Å². The average molecular weight is 368 g/mol. The highest BCUT2D eigenvalue weighted by molar-refractivity contribution is 7.81. The summed E-state index contributed by atoms with van der Waals surface area (Å²) in [6, 6.07) is 5.52. The van der Waals surface area contributed by atoms with E-state index >= 15 is 0 Å². The summed E-state index contributed by atoms with van der Waals surface area (Å²) >= 11 is 4.48. The smallest absolute Gasteiger partial charge is 0.323 e. The van der Waals surface area contributed by atoms with Crippen LogP contribution >= 0.6 is 12.6 Å². The number of carbonyl (C=O) groups is 1. The van der Waals surface area contributed by atoms with Crippen molar-refractivity contribution in [3.05, 3.63) is 39.9 Å². The summed E-state index contributed by atoms with van der Waals surface area (Å²) in [7, 11) is 0. The van der Waals surface area contributed by atoms with Crippen LogP contribution in [-0.2, 0) is 20.9 Å². The molecule has 1 aromatic rings. The number of hydrogen-bond donors (Lipinski definition) is 2. The zero-order valence-corrected chi connectivity index (χ0v) is 15.3. The number of nitro benzene ring substituents is 1. The molecule has 0 radical (unpaired) electrons. The third-order valence-corrected chi connectivity index (χ3v) is 4.75. The van der Waals surface area contributed by atoms with E-state index in [1.54, 1.807) is 12.1 Å². The molecule has 2 rings (SSSR count). The largest absolute Gasteiger partial charge is 0.460 e. The van der Waals surface area contributed by atoms with Gasteiger partial charge in [0.05, 0.1) is 11.0 Å². The Morgan fingerprint density at radius 3 is 2.64 bits per heavy atom. The van der Waals surface area contributed by atoms with Gasteiger partial charge in [0.15, 0.2) is 0 Å². The van der Waals surface area contributed by atoms with Crippen LogP contribution in [0.1, 0.15) is 25.8 Å². The van der Waals surface area contributed by atoms with Crippen molar-refractivity contribution >= 4 is 24.3 Å². The normalized spacial score (nSPS) is 21.3. The third kappa shape index (κ3) is 5.69. The average Bonchev–Trinajstić information content (AvgIpc) is 2.98. The molecule has 8 heteroatoms. The SMILES string of the molecule is CC(C)[C@H](NC[C@H]1OCC[C@H]1S)C(=O)OCc1ccc([N+](=O)[O-])cc1. The van der Waals surface area contributed by atoms with E-state index in [-0.39, 0.29) is 35.5 Å². The van der Waals surface area contributed by atoms with Crippen molar-refractivity contribution in [3.8, 4) is 0 Å². The second-order valence-electron chi connectivity index (χ2n) is 6.43. The minimum absolute atomic E-state index is 0.00736. The maximum Gasteiger partial charge on any atom is 0.323 e. The summed E-state index contributed by atoms with van der Waals surface area (Å²) < 4.78 is 11.0. The lowest BCUT2D eigenvalue weighted by atomic mass is 10.0. The number of nitro groups is 1. The molecule has 138 valence electrons. The zero-order chi connectivity index (χ0) is 18.4. The molecule has 3 atom stereocenters. The number of esters is 1. The van der Waals surface area contributed by atoms with Gasteiger partial charge in [-0.1, -0.05) is 13.8 Å². The first kappa shape index (κ1) is 19.7. The van der Waals surface area contributed by atoms with Gasteiger partial charge in [-0.15, -0.1) is 0 Å². The van der Waals surface area contributed by atoms with Gasteiger partial charge in [0.25, 0.3) is 5.69 Å². The van der Waals surface area contributed by atoms with Crippen LogP contribution in [0.25, 0.3) is 0 Å². The van der Waals surface area contributed by atoms with Crippen LogP contribution in [0, 0.1) is 16.0 Å². The van der Waals surface area contributed by atoms with Crippen LogP contribution in [0.2, 0.25) is 0 Å². The summed E-state index contributed by atoms with van der Waals surface area (Å²) in [6.07, 6.45) is 0.902. The lowest BCUT2D eigenvalue weighted by Crippen LogP contribution is -2.46. The number of thiol groups is 1. The molecule has 0 saturated carbocycles. The van der Waals surface area contributed by atoms with Gasteiger partial charge >= 0.3 is 5.97 Å². The molecular formula is C17H24N2O5S. The molecule has 0 aliphatic carbocycles. The predicted octanol–water partition coefficient (Wildman–Crippen LogP) is 2.34. The first-order valence-corrected chi connectivity index (χ1v) is 8.83. The molecule has 0 bridgehead atoms. The first-order chi connectivity index (χ1) is 11.9. The lowest BCUT2D eigenvalue weighted by molar-refractivity contribution is -0.384. The standard InChI is InChI=1S/C17H24N2O5S/c1-11(2)16(18-9-14-15(25)7-8-23-14)17(20)24-10-12-3-5-13(6-4-12)19(21)22/h3-6,11,14-16,18,25H,7-10H2,1-2H3/t14-,15-,16+/m1/s1. The topological polar surface area (TPSA) is 90.7 Å². The van der Waals surface area contributed by atoms with E-state index in [4.69, 9.17) is 9.47 Å². The highest BCUT2D eigenvalue weighted by atomic mass is 32.1. The molecule has 0 aromatic heterocycles. The number of nitrogens with zero attached hydrogens (tertiary/aromatic N) is 1. The van der Waals surface area contributed by atoms with Gasteiger partial charge in [-0.2, -0.15) is 12.6 Å². The van der Waals surface area contributed by atoms with Crippen LogP contribution in [0.3, 0.4) is 0 Å². The Balaban J connectivity index is 1.85. The van der Waals surface area contributed by atoms with E-state index in [2.05, 4.69) is 17.9 Å². The maximum absolute atomic E-state index is 12.4. The lowest BCUT2D eigenvalue weighted by Gasteiger charge is -2.23. The third-order valence-electron chi connectivity index (χ3n) is 4.16. The van der Waals surface area contributed by atoms with Crippen molar-refractivity contribution in [2.75, 3.05) is 13.2 Å². The second-order valence-corrected chi connectivity index (χ2v) is 7.09. The van der Waals surface area contributed by atoms with E-state index in [1.807, 2.05) is 13.8 Å². The van der Waals surface area contributed by atoms with Gasteiger partial charge in [-0.3, -0.25) is 14.9 Å². The number of hydrogen-bond acceptors (Lipinski definition) is 7. The summed E-state index contributed by atoms with van der Waals surface area (Å²) in [4.78, 5) is 22.5. The highest BCUT2D eigenvalue weighted by Crippen LogP contribution is 2.19. The van der Waals surface area contributed by atoms with E-state index in [1.165, 1.54) is 12.1 Å². The molecule has 7 nitrogen and oxygen atoms in total. The van der Waals surface area contributed by atoms with Gasteiger partial charge in [0.2, 0.25) is 0 Å². The van der Waals surface area contributed by atoms with Gasteiger partial charge < -0.3 is 14.8 Å². The number of rotatable bonds is 8. The Bertz CT molecular complexity index is 593. The Hall–Kier alpha value is -1.64. The predicted molar refractivity (Wildman–Crippen MR) is 96.7 cm³/mol. The maximum atomic E-state index is 12.4. The van der Waals surface area contributed by atoms with E-state index in [0.29, 0.717) is 18.7 Å². The van der Waals surface area contributed by atoms with Gasteiger partial charge in [-0.05, 0) is 30.0 Å². The molecule has 0 unspecified atom stereocenters. The van der Waals surface area contributed by atoms with E-state index in [9.17, 15) is 14.9 Å². The fraction of sp³-hybridized carbons (Fsp3) is 0.588. The number of carbonyl (C=O) groups excluding carboxylic acids is 1. The molecule has 1 heterocycles. The fourth-order valence-electron chi connectivity index (χ4n) is 2.62. The number of benzene rings is 1. The van der Waals surface area contributed by atoms with Gasteiger partial charge in [0, 0.05) is 30.5 Å². The molecule has 1 aliphatic heterocycles. The van der Waals surface area contributed by atoms with Crippen molar-refractivity contribution in [3.63, 3.8) is 0 Å². The van der Waals surface area contributed by atoms with Crippen LogP contribution in [0.15, 0.2) is 24.3 Å². The molecule has 1 N–H and O–H groups in total. The van der Waals surface area contributed by atoms with Crippen LogP contribution < -0.4 is 5.32 Å². The summed E-state index contributed by atoms with van der Waals surface area (Å²) in [6.45, 7) is 5.20. The van der Waals surface area contributed by atoms with Crippen LogP contribution in [0.5, 0.6) is 0 Å². The van der Waals surface area contributed by atoms with Crippen molar-refractivity contribution in [1.29, 1.82) is 0 Å². The van der Waals surface area contributed by atoms with Crippen LogP contribution in [-0.4, -0.2) is 41.4 Å². The molecule has 0 amide bonds. The van der Waals surface area contributed by atoms with Gasteiger partial charge in [0.1, 0.15) is 12.6 Å². The summed E-state index contributed by atoms with van der Waals surface area (Å²) in [5.41, 5.74) is 0.714. The zero-order valence-electron chi connectivity index (χ0n) is 14.4. The first-order valence-electron chi connectivity index (χ1n) is 8.31. The minimum atomic E-state index is -0.464. The molecular weight excluding hydrogens is 344 g/mol. The van der Waals surface area contributed by atoms with Crippen LogP contribution in [0.4, 0.5) is 5.69 Å². The monoisotopic (exact) mass is 368 g/mol. The highest BCUT2D eigenvalue weighted by Gasteiger charge is 2.29. The number of ether oxygens (including phenoxy) is 2. The molecule has 1 aliphatic rings. The summed E-state index contributed by atoms with van der Waals surface area (Å²) in [5.74, 6) is -0.286. The van der Waals surface area contributed by atoms with Crippen molar-refractivity contribution < 1.29 is 19.2 Å². The van der Waals surface area contributed by atoms with Gasteiger partial charge in [-0.25, -0.2) is 0 Å². The Labute approximate surface area is 152 Å². The molecule has 0 spiro atoms. The second kappa shape index (κ2) is 9.17. The van der Waals surface area contributed by atoms with Crippen molar-refractivity contribution in [2.45, 2.75) is 44.3 Å². The van der Waals surface area contributed by atoms with E-state index < -0.39 is 11.0 Å². The Morgan fingerprint density at radius 1 is 1.44 bits per heavy atom. The van der Waals surface area contributed by atoms with E-state index in [0.717, 1.165) is 6.42 Å². The number of nitrogens with one attached hydrogen (secondary N) is 1.